The number of aliphatic imine (C=N–C) groups is 3. The fraction of sp³-hybridized carbons (Fsp3) is 0.0727. The van der Waals surface area contributed by atoms with Gasteiger partial charge in [-0.3, -0.25) is 4.99 Å². The number of aromatic nitrogens is 1. The predicted molar refractivity (Wildman–Crippen MR) is 256 cm³/mol. The molecule has 0 fully saturated rings. The van der Waals surface area contributed by atoms with Crippen LogP contribution in [0, 0.1) is 0 Å². The molecule has 5 heteroatoms. The lowest BCUT2D eigenvalue weighted by Gasteiger charge is -2.21. The molecule has 11 rings (SSSR count). The largest absolute Gasteiger partial charge is 0.309 e. The third kappa shape index (κ3) is 5.84. The number of para-hydroxylation sites is 1. The van der Waals surface area contributed by atoms with Gasteiger partial charge in [0, 0.05) is 53.2 Å². The van der Waals surface area contributed by atoms with E-state index in [0.29, 0.717) is 18.2 Å². The van der Waals surface area contributed by atoms with E-state index in [1.807, 2.05) is 36.4 Å². The summed E-state index contributed by atoms with van der Waals surface area (Å²) in [4.78, 5) is 14.9. The first-order chi connectivity index (χ1) is 29.5. The maximum Gasteiger partial charge on any atom is 0.161 e. The van der Waals surface area contributed by atoms with E-state index in [1.165, 1.54) is 59.5 Å². The summed E-state index contributed by atoms with van der Waals surface area (Å²) in [7, 11) is 0. The zero-order valence-corrected chi connectivity index (χ0v) is 34.2. The third-order valence-corrected chi connectivity index (χ3v) is 13.4. The lowest BCUT2D eigenvalue weighted by Crippen LogP contribution is -2.14. The highest BCUT2D eigenvalue weighted by Crippen LogP contribution is 2.51. The Kier molecular flexibility index (Phi) is 8.54. The van der Waals surface area contributed by atoms with Crippen molar-refractivity contribution in [3.8, 4) is 27.9 Å². The zero-order valence-electron chi connectivity index (χ0n) is 33.4. The van der Waals surface area contributed by atoms with E-state index in [9.17, 15) is 0 Å². The summed E-state index contributed by atoms with van der Waals surface area (Å²) in [6, 6.07) is 65.2. The molecule has 0 radical (unpaired) electrons. The molecule has 286 valence electrons. The second-order valence-electron chi connectivity index (χ2n) is 16.1. The molecule has 2 heterocycles. The number of benzene rings is 8. The van der Waals surface area contributed by atoms with Crippen LogP contribution in [0.3, 0.4) is 0 Å². The zero-order chi connectivity index (χ0) is 40.4. The SMILES string of the molecule is C=NC(=NC(=NCc1ccccc1)c1cc(-c2ccc3c(c2)c2cc4c(cc2n3-c2ccccc2)C(C)(C)c2ccccc2-4)cc2c1sc1ccccc12)c1ccccc1. The molecule has 0 spiro atoms. The molecule has 0 amide bonds. The molecule has 10 aromatic rings. The molecule has 2 aromatic heterocycles. The van der Waals surface area contributed by atoms with Crippen LogP contribution >= 0.6 is 11.3 Å². The van der Waals surface area contributed by atoms with E-state index < -0.39 is 0 Å². The molecular formula is C55H40N4S. The molecule has 1 aliphatic rings. The van der Waals surface area contributed by atoms with Gasteiger partial charge in [-0.15, -0.1) is 11.3 Å². The Bertz CT molecular complexity index is 3370. The first-order valence-corrected chi connectivity index (χ1v) is 21.2. The third-order valence-electron chi connectivity index (χ3n) is 12.2. The Labute approximate surface area is 353 Å². The fourth-order valence-corrected chi connectivity index (χ4v) is 10.4. The minimum Gasteiger partial charge on any atom is -0.309 e. The Balaban J connectivity index is 1.17. The number of amidine groups is 2. The summed E-state index contributed by atoms with van der Waals surface area (Å²) in [6.45, 7) is 9.14. The minimum atomic E-state index is -0.109. The summed E-state index contributed by atoms with van der Waals surface area (Å²) < 4.78 is 4.80. The highest BCUT2D eigenvalue weighted by Gasteiger charge is 2.36. The molecule has 8 aromatic carbocycles. The van der Waals surface area contributed by atoms with E-state index in [0.717, 1.165) is 38.2 Å². The van der Waals surface area contributed by atoms with Gasteiger partial charge in [-0.2, -0.15) is 0 Å². The number of thiophene rings is 1. The van der Waals surface area contributed by atoms with Crippen LogP contribution in [0.4, 0.5) is 0 Å². The molecule has 0 unspecified atom stereocenters. The van der Waals surface area contributed by atoms with Crippen LogP contribution in [0.1, 0.15) is 41.7 Å². The van der Waals surface area contributed by atoms with Crippen molar-refractivity contribution in [2.45, 2.75) is 25.8 Å². The average molecular weight is 789 g/mol. The van der Waals surface area contributed by atoms with Crippen LogP contribution < -0.4 is 0 Å². The standard InChI is InChI=1S/C55H40N4S/c1-55(2)47-25-15-13-23-40(47)42-32-44-43-29-37(27-28-49(43)59(50(44)33-48(42)55)39-21-11-6-12-22-39)38-30-45-41-24-14-16-26-51(41)60-52(45)46(31-38)54(57-34-35-17-7-4-8-18-35)58-53(56-3)36-19-9-5-10-20-36/h4-33H,3,34H2,1-2H3. The Morgan fingerprint density at radius 3 is 2.05 bits per heavy atom. The lowest BCUT2D eigenvalue weighted by molar-refractivity contribution is 0.661. The van der Waals surface area contributed by atoms with Gasteiger partial charge in [-0.1, -0.05) is 141 Å². The number of hydrogen-bond acceptors (Lipinski definition) is 2. The average Bonchev–Trinajstić information content (AvgIpc) is 3.91. The van der Waals surface area contributed by atoms with Crippen LogP contribution in [0.25, 0.3) is 69.9 Å². The van der Waals surface area contributed by atoms with Crippen molar-refractivity contribution in [1.82, 2.24) is 4.57 Å². The number of fused-ring (bicyclic) bond motifs is 9. The van der Waals surface area contributed by atoms with Gasteiger partial charge in [0.25, 0.3) is 0 Å². The molecule has 0 saturated heterocycles. The summed E-state index contributed by atoms with van der Waals surface area (Å²) in [5.74, 6) is 1.16. The summed E-state index contributed by atoms with van der Waals surface area (Å²) in [6.07, 6.45) is 0. The van der Waals surface area contributed by atoms with Gasteiger partial charge in [-0.25, -0.2) is 9.98 Å². The van der Waals surface area contributed by atoms with Crippen molar-refractivity contribution in [2.75, 3.05) is 0 Å². The van der Waals surface area contributed by atoms with E-state index in [1.54, 1.807) is 11.3 Å². The second kappa shape index (κ2) is 14.3. The highest BCUT2D eigenvalue weighted by atomic mass is 32.1. The van der Waals surface area contributed by atoms with Gasteiger partial charge in [0.1, 0.15) is 0 Å². The first-order valence-electron chi connectivity index (χ1n) is 20.4. The lowest BCUT2D eigenvalue weighted by atomic mass is 9.82. The van der Waals surface area contributed by atoms with Gasteiger partial charge < -0.3 is 4.57 Å². The monoisotopic (exact) mass is 788 g/mol. The molecule has 0 aliphatic heterocycles. The molecular weight excluding hydrogens is 749 g/mol. The maximum absolute atomic E-state index is 5.27. The van der Waals surface area contributed by atoms with Gasteiger partial charge in [0.2, 0.25) is 0 Å². The Hall–Kier alpha value is -7.21. The van der Waals surface area contributed by atoms with Gasteiger partial charge >= 0.3 is 0 Å². The number of hydrogen-bond donors (Lipinski definition) is 0. The van der Waals surface area contributed by atoms with E-state index in [4.69, 9.17) is 9.98 Å². The van der Waals surface area contributed by atoms with Crippen LogP contribution in [-0.2, 0) is 12.0 Å². The minimum absolute atomic E-state index is 0.109. The molecule has 0 saturated carbocycles. The molecule has 1 aliphatic carbocycles. The van der Waals surface area contributed by atoms with Crippen molar-refractivity contribution in [3.63, 3.8) is 0 Å². The summed E-state index contributed by atoms with van der Waals surface area (Å²) in [5.41, 5.74) is 14.0. The molecule has 4 nitrogen and oxygen atoms in total. The van der Waals surface area contributed by atoms with Gasteiger partial charge in [-0.05, 0) is 100 Å². The molecule has 0 bridgehead atoms. The van der Waals surface area contributed by atoms with Crippen LogP contribution in [0.15, 0.2) is 197 Å². The summed E-state index contributed by atoms with van der Waals surface area (Å²) in [5, 5.41) is 4.85. The van der Waals surface area contributed by atoms with E-state index in [2.05, 4.69) is 176 Å². The van der Waals surface area contributed by atoms with Crippen molar-refractivity contribution in [1.29, 1.82) is 0 Å². The van der Waals surface area contributed by atoms with Crippen molar-refractivity contribution < 1.29 is 0 Å². The van der Waals surface area contributed by atoms with Crippen LogP contribution in [0.5, 0.6) is 0 Å². The molecule has 0 N–H and O–H groups in total. The summed E-state index contributed by atoms with van der Waals surface area (Å²) >= 11 is 1.78. The van der Waals surface area contributed by atoms with E-state index in [-0.39, 0.29) is 5.41 Å². The number of rotatable bonds is 6. The smallest absolute Gasteiger partial charge is 0.161 e. The number of nitrogens with zero attached hydrogens (tertiary/aromatic N) is 4. The van der Waals surface area contributed by atoms with Crippen LogP contribution in [-0.4, -0.2) is 23.0 Å². The Morgan fingerprint density at radius 1 is 0.567 bits per heavy atom. The normalized spacial score (nSPS) is 13.6. The fourth-order valence-electron chi connectivity index (χ4n) is 9.22. The predicted octanol–water partition coefficient (Wildman–Crippen LogP) is 14.2. The van der Waals surface area contributed by atoms with Crippen molar-refractivity contribution >= 4 is 71.7 Å². The Morgan fingerprint density at radius 2 is 1.25 bits per heavy atom. The topological polar surface area (TPSA) is 42.0 Å². The quantitative estimate of drug-likeness (QED) is 0.119. The van der Waals surface area contributed by atoms with E-state index >= 15 is 0 Å². The first kappa shape index (κ1) is 35.9. The van der Waals surface area contributed by atoms with Crippen LogP contribution in [0.2, 0.25) is 0 Å². The maximum atomic E-state index is 5.27. The van der Waals surface area contributed by atoms with Crippen molar-refractivity contribution in [3.05, 3.63) is 210 Å². The molecule has 60 heavy (non-hydrogen) atoms. The second-order valence-corrected chi connectivity index (χ2v) is 17.1. The molecule has 0 atom stereocenters. The highest BCUT2D eigenvalue weighted by molar-refractivity contribution is 7.26. The van der Waals surface area contributed by atoms with Gasteiger partial charge in [0.05, 0.1) is 17.6 Å². The van der Waals surface area contributed by atoms with Gasteiger partial charge in [0.15, 0.2) is 11.7 Å². The van der Waals surface area contributed by atoms with Crippen molar-refractivity contribution in [2.24, 2.45) is 15.0 Å².